The average molecular weight is 211 g/mol. The Morgan fingerprint density at radius 2 is 2.27 bits per heavy atom. The second-order valence-electron chi connectivity index (χ2n) is 3.15. The van der Waals surface area contributed by atoms with Crippen LogP contribution in [0.2, 0.25) is 0 Å². The number of nitrogens with one attached hydrogen (secondary N) is 1. The highest BCUT2D eigenvalue weighted by Crippen LogP contribution is 2.30. The molecule has 0 aliphatic carbocycles. The van der Waals surface area contributed by atoms with Gasteiger partial charge in [-0.15, -0.1) is 0 Å². The number of nitrogens with two attached hydrogens (primary N) is 1. The maximum atomic E-state index is 5.33. The zero-order valence-corrected chi connectivity index (χ0v) is 9.32. The summed E-state index contributed by atoms with van der Waals surface area (Å²) in [6, 6.07) is 0. The molecule has 0 bridgehead atoms. The first-order valence-corrected chi connectivity index (χ1v) is 4.81. The molecule has 0 saturated carbocycles. The van der Waals surface area contributed by atoms with E-state index in [2.05, 4.69) is 22.3 Å². The standard InChI is InChI=1S/C9H17N5O/c1-4-5-14(2)9-7(15-3)8(13-10)11-6-12-9/h6H,4-5,10H2,1-3H3,(H,11,12,13). The van der Waals surface area contributed by atoms with Crippen molar-refractivity contribution in [3.8, 4) is 5.75 Å². The van der Waals surface area contributed by atoms with E-state index in [0.29, 0.717) is 11.6 Å². The van der Waals surface area contributed by atoms with E-state index >= 15 is 0 Å². The van der Waals surface area contributed by atoms with Gasteiger partial charge in [-0.2, -0.15) is 0 Å². The highest BCUT2D eigenvalue weighted by Gasteiger charge is 2.14. The van der Waals surface area contributed by atoms with Crippen molar-refractivity contribution in [3.63, 3.8) is 0 Å². The molecule has 1 rings (SSSR count). The number of hydrogen-bond donors (Lipinski definition) is 2. The Morgan fingerprint density at radius 1 is 1.53 bits per heavy atom. The van der Waals surface area contributed by atoms with E-state index in [4.69, 9.17) is 10.6 Å². The number of ether oxygens (including phenoxy) is 1. The predicted octanol–water partition coefficient (Wildman–Crippen LogP) is 0.617. The molecular weight excluding hydrogens is 194 g/mol. The lowest BCUT2D eigenvalue weighted by molar-refractivity contribution is 0.412. The van der Waals surface area contributed by atoms with Crippen LogP contribution >= 0.6 is 0 Å². The molecule has 0 aliphatic heterocycles. The van der Waals surface area contributed by atoms with Gasteiger partial charge in [0, 0.05) is 13.6 Å². The van der Waals surface area contributed by atoms with Gasteiger partial charge in [-0.05, 0) is 6.42 Å². The lowest BCUT2D eigenvalue weighted by Crippen LogP contribution is -2.21. The van der Waals surface area contributed by atoms with Crippen LogP contribution in [-0.2, 0) is 0 Å². The first kappa shape index (κ1) is 11.5. The fraction of sp³-hybridized carbons (Fsp3) is 0.556. The summed E-state index contributed by atoms with van der Waals surface area (Å²) in [7, 11) is 3.53. The normalized spacial score (nSPS) is 9.87. The molecule has 0 spiro atoms. The molecule has 0 radical (unpaired) electrons. The number of methoxy groups -OCH3 is 1. The first-order valence-electron chi connectivity index (χ1n) is 4.81. The van der Waals surface area contributed by atoms with E-state index < -0.39 is 0 Å². The van der Waals surface area contributed by atoms with Crippen LogP contribution in [0.1, 0.15) is 13.3 Å². The molecular formula is C9H17N5O. The summed E-state index contributed by atoms with van der Waals surface area (Å²) in [5, 5.41) is 0. The van der Waals surface area contributed by atoms with Gasteiger partial charge in [0.15, 0.2) is 11.6 Å². The van der Waals surface area contributed by atoms with Crippen molar-refractivity contribution in [2.75, 3.05) is 31.0 Å². The first-order chi connectivity index (χ1) is 7.24. The molecule has 0 fully saturated rings. The Morgan fingerprint density at radius 3 is 2.80 bits per heavy atom. The van der Waals surface area contributed by atoms with E-state index in [0.717, 1.165) is 18.8 Å². The highest BCUT2D eigenvalue weighted by atomic mass is 16.5. The molecule has 0 amide bonds. The fourth-order valence-corrected chi connectivity index (χ4v) is 1.37. The van der Waals surface area contributed by atoms with E-state index in [1.807, 2.05) is 11.9 Å². The molecule has 0 atom stereocenters. The summed E-state index contributed by atoms with van der Waals surface area (Å²) in [5.74, 6) is 7.13. The summed E-state index contributed by atoms with van der Waals surface area (Å²) < 4.78 is 5.23. The molecule has 0 aliphatic rings. The summed E-state index contributed by atoms with van der Waals surface area (Å²) in [6.07, 6.45) is 2.49. The van der Waals surface area contributed by atoms with Gasteiger partial charge in [-0.1, -0.05) is 6.92 Å². The van der Waals surface area contributed by atoms with Crippen molar-refractivity contribution in [1.29, 1.82) is 0 Å². The number of anilines is 2. The molecule has 1 aromatic heterocycles. The number of rotatable bonds is 5. The molecule has 3 N–H and O–H groups in total. The van der Waals surface area contributed by atoms with Gasteiger partial charge in [0.2, 0.25) is 5.75 Å². The minimum absolute atomic E-state index is 0.491. The Labute approximate surface area is 89.4 Å². The van der Waals surface area contributed by atoms with Crippen molar-refractivity contribution in [2.45, 2.75) is 13.3 Å². The second kappa shape index (κ2) is 5.35. The Bertz CT molecular complexity index is 317. The van der Waals surface area contributed by atoms with Crippen LogP contribution in [0.3, 0.4) is 0 Å². The van der Waals surface area contributed by atoms with Crippen molar-refractivity contribution in [1.82, 2.24) is 9.97 Å². The number of nitrogen functional groups attached to an aromatic ring is 1. The molecule has 0 saturated heterocycles. The maximum Gasteiger partial charge on any atom is 0.205 e. The molecule has 0 aromatic carbocycles. The number of nitrogens with zero attached hydrogens (tertiary/aromatic N) is 3. The SMILES string of the molecule is CCCN(C)c1ncnc(NN)c1OC. The summed E-state index contributed by atoms with van der Waals surface area (Å²) in [5.41, 5.74) is 2.48. The molecule has 6 heteroatoms. The zero-order chi connectivity index (χ0) is 11.3. The van der Waals surface area contributed by atoms with Crippen LogP contribution in [0.15, 0.2) is 6.33 Å². The Hall–Kier alpha value is -1.56. The molecule has 1 heterocycles. The van der Waals surface area contributed by atoms with E-state index in [1.165, 1.54) is 6.33 Å². The van der Waals surface area contributed by atoms with E-state index in [1.54, 1.807) is 7.11 Å². The van der Waals surface area contributed by atoms with Crippen LogP contribution in [0.25, 0.3) is 0 Å². The maximum absolute atomic E-state index is 5.33. The van der Waals surface area contributed by atoms with Crippen molar-refractivity contribution in [2.24, 2.45) is 5.84 Å². The van der Waals surface area contributed by atoms with Gasteiger partial charge < -0.3 is 15.1 Å². The largest absolute Gasteiger partial charge is 0.490 e. The summed E-state index contributed by atoms with van der Waals surface area (Å²) in [6.45, 7) is 3.00. The lowest BCUT2D eigenvalue weighted by Gasteiger charge is -2.20. The third-order valence-electron chi connectivity index (χ3n) is 2.05. The van der Waals surface area contributed by atoms with Gasteiger partial charge in [0.1, 0.15) is 6.33 Å². The van der Waals surface area contributed by atoms with Crippen molar-refractivity contribution < 1.29 is 4.74 Å². The third-order valence-corrected chi connectivity index (χ3v) is 2.05. The summed E-state index contributed by atoms with van der Waals surface area (Å²) in [4.78, 5) is 10.1. The molecule has 0 unspecified atom stereocenters. The average Bonchev–Trinajstić information content (AvgIpc) is 2.28. The molecule has 1 aromatic rings. The van der Waals surface area contributed by atoms with Crippen LogP contribution in [0, 0.1) is 0 Å². The Balaban J connectivity index is 3.05. The number of aromatic nitrogens is 2. The smallest absolute Gasteiger partial charge is 0.205 e. The molecule has 84 valence electrons. The van der Waals surface area contributed by atoms with E-state index in [-0.39, 0.29) is 0 Å². The van der Waals surface area contributed by atoms with Crippen LogP contribution in [-0.4, -0.2) is 30.7 Å². The lowest BCUT2D eigenvalue weighted by atomic mass is 10.4. The number of hydrogen-bond acceptors (Lipinski definition) is 6. The second-order valence-corrected chi connectivity index (χ2v) is 3.15. The topological polar surface area (TPSA) is 76.3 Å². The Kier molecular flexibility index (Phi) is 4.11. The predicted molar refractivity (Wildman–Crippen MR) is 60.0 cm³/mol. The molecule has 6 nitrogen and oxygen atoms in total. The van der Waals surface area contributed by atoms with Gasteiger partial charge in [-0.25, -0.2) is 15.8 Å². The monoisotopic (exact) mass is 211 g/mol. The van der Waals surface area contributed by atoms with Crippen LogP contribution in [0.5, 0.6) is 5.75 Å². The van der Waals surface area contributed by atoms with Gasteiger partial charge in [-0.3, -0.25) is 0 Å². The zero-order valence-electron chi connectivity index (χ0n) is 9.32. The fourth-order valence-electron chi connectivity index (χ4n) is 1.37. The van der Waals surface area contributed by atoms with Gasteiger partial charge in [0.05, 0.1) is 7.11 Å². The van der Waals surface area contributed by atoms with E-state index in [9.17, 15) is 0 Å². The minimum Gasteiger partial charge on any atom is -0.490 e. The minimum atomic E-state index is 0.491. The molecule has 15 heavy (non-hydrogen) atoms. The third kappa shape index (κ3) is 2.47. The van der Waals surface area contributed by atoms with Gasteiger partial charge in [0.25, 0.3) is 0 Å². The van der Waals surface area contributed by atoms with Crippen LogP contribution in [0.4, 0.5) is 11.6 Å². The van der Waals surface area contributed by atoms with Gasteiger partial charge >= 0.3 is 0 Å². The van der Waals surface area contributed by atoms with Crippen LogP contribution < -0.4 is 20.9 Å². The highest BCUT2D eigenvalue weighted by molar-refractivity contribution is 5.63. The number of hydrazine groups is 1. The summed E-state index contributed by atoms with van der Waals surface area (Å²) >= 11 is 0. The quantitative estimate of drug-likeness (QED) is 0.549. The van der Waals surface area contributed by atoms with Crippen molar-refractivity contribution in [3.05, 3.63) is 6.33 Å². The van der Waals surface area contributed by atoms with Crippen molar-refractivity contribution >= 4 is 11.6 Å².